The van der Waals surface area contributed by atoms with E-state index >= 15 is 0 Å². The monoisotopic (exact) mass is 238 g/mol. The van der Waals surface area contributed by atoms with Gasteiger partial charge in [0.25, 0.3) is 0 Å². The Hall–Kier alpha value is -0.810. The van der Waals surface area contributed by atoms with Crippen LogP contribution in [0.4, 0.5) is 0 Å². The Kier molecular flexibility index (Phi) is 10.8. The molecule has 1 amide bonds. The molecule has 0 heterocycles. The first-order chi connectivity index (χ1) is 6.61. The van der Waals surface area contributed by atoms with Crippen molar-refractivity contribution < 1.29 is 14.3 Å². The molecule has 0 spiro atoms. The number of hydrogen-bond donors (Lipinski definition) is 2. The molecule has 0 radical (unpaired) electrons. The molecule has 1 unspecified atom stereocenters. The molecule has 0 rings (SSSR count). The van der Waals surface area contributed by atoms with Crippen LogP contribution in [-0.4, -0.2) is 32.1 Å². The second-order valence-corrected chi connectivity index (χ2v) is 3.12. The largest absolute Gasteiger partial charge is 0.469 e. The zero-order valence-corrected chi connectivity index (χ0v) is 9.93. The molecule has 5 nitrogen and oxygen atoms in total. The van der Waals surface area contributed by atoms with Crippen molar-refractivity contribution >= 4 is 24.3 Å². The molecular formula is C9H19ClN2O3. The summed E-state index contributed by atoms with van der Waals surface area (Å²) in [6.45, 7) is 2.52. The molecule has 3 N–H and O–H groups in total. The van der Waals surface area contributed by atoms with Crippen molar-refractivity contribution in [1.29, 1.82) is 0 Å². The third-order valence-electron chi connectivity index (χ3n) is 1.82. The Morgan fingerprint density at radius 2 is 2.07 bits per heavy atom. The summed E-state index contributed by atoms with van der Waals surface area (Å²) >= 11 is 0. The van der Waals surface area contributed by atoms with E-state index in [4.69, 9.17) is 5.73 Å². The van der Waals surface area contributed by atoms with Gasteiger partial charge in [-0.2, -0.15) is 0 Å². The van der Waals surface area contributed by atoms with Crippen LogP contribution >= 0.6 is 12.4 Å². The Morgan fingerprint density at radius 1 is 1.47 bits per heavy atom. The van der Waals surface area contributed by atoms with E-state index in [1.54, 1.807) is 6.92 Å². The third-order valence-corrected chi connectivity index (χ3v) is 1.82. The van der Waals surface area contributed by atoms with Gasteiger partial charge in [0.1, 0.15) is 0 Å². The van der Waals surface area contributed by atoms with Gasteiger partial charge in [-0.25, -0.2) is 0 Å². The molecule has 15 heavy (non-hydrogen) atoms. The van der Waals surface area contributed by atoms with Gasteiger partial charge in [-0.1, -0.05) is 6.92 Å². The van der Waals surface area contributed by atoms with Crippen LogP contribution in [0.1, 0.15) is 19.8 Å². The van der Waals surface area contributed by atoms with Crippen LogP contribution in [-0.2, 0) is 14.3 Å². The van der Waals surface area contributed by atoms with Gasteiger partial charge in [0, 0.05) is 13.0 Å². The SMILES string of the molecule is COC(=O)C(C)CNC(=O)CCCN.Cl. The van der Waals surface area contributed by atoms with Gasteiger partial charge in [-0.05, 0) is 13.0 Å². The zero-order chi connectivity index (χ0) is 11.0. The molecule has 0 aliphatic rings. The number of nitrogens with two attached hydrogens (primary N) is 1. The summed E-state index contributed by atoms with van der Waals surface area (Å²) in [4.78, 5) is 22.0. The van der Waals surface area contributed by atoms with Gasteiger partial charge in [0.15, 0.2) is 0 Å². The second-order valence-electron chi connectivity index (χ2n) is 3.12. The standard InChI is InChI=1S/C9H18N2O3.ClH/c1-7(9(13)14-2)6-11-8(12)4-3-5-10;/h7H,3-6,10H2,1-2H3,(H,11,12);1H. The molecule has 90 valence electrons. The van der Waals surface area contributed by atoms with Crippen LogP contribution < -0.4 is 11.1 Å². The van der Waals surface area contributed by atoms with Gasteiger partial charge < -0.3 is 15.8 Å². The highest BCUT2D eigenvalue weighted by molar-refractivity contribution is 5.85. The molecular weight excluding hydrogens is 220 g/mol. The number of hydrogen-bond acceptors (Lipinski definition) is 4. The van der Waals surface area contributed by atoms with Crippen molar-refractivity contribution in [2.45, 2.75) is 19.8 Å². The topological polar surface area (TPSA) is 81.4 Å². The molecule has 1 atom stereocenters. The normalized spacial score (nSPS) is 11.1. The van der Waals surface area contributed by atoms with E-state index in [-0.39, 0.29) is 30.2 Å². The number of esters is 1. The van der Waals surface area contributed by atoms with Gasteiger partial charge in [0.05, 0.1) is 13.0 Å². The Bertz CT molecular complexity index is 200. The average molecular weight is 239 g/mol. The summed E-state index contributed by atoms with van der Waals surface area (Å²) < 4.78 is 4.52. The Morgan fingerprint density at radius 3 is 2.53 bits per heavy atom. The van der Waals surface area contributed by atoms with E-state index in [2.05, 4.69) is 10.1 Å². The maximum absolute atomic E-state index is 11.1. The highest BCUT2D eigenvalue weighted by atomic mass is 35.5. The number of amides is 1. The molecule has 0 aliphatic heterocycles. The van der Waals surface area contributed by atoms with Crippen molar-refractivity contribution in [2.24, 2.45) is 11.7 Å². The van der Waals surface area contributed by atoms with E-state index in [1.807, 2.05) is 0 Å². The van der Waals surface area contributed by atoms with Gasteiger partial charge in [-0.3, -0.25) is 9.59 Å². The highest BCUT2D eigenvalue weighted by Crippen LogP contribution is 1.95. The predicted octanol–water partition coefficient (Wildman–Crippen LogP) is 0.0724. The maximum atomic E-state index is 11.1. The van der Waals surface area contributed by atoms with Crippen LogP contribution in [0.5, 0.6) is 0 Å². The molecule has 0 aromatic carbocycles. The summed E-state index contributed by atoms with van der Waals surface area (Å²) in [5.41, 5.74) is 5.25. The summed E-state index contributed by atoms with van der Waals surface area (Å²) in [6, 6.07) is 0. The molecule has 6 heteroatoms. The van der Waals surface area contributed by atoms with Crippen molar-refractivity contribution in [3.63, 3.8) is 0 Å². The lowest BCUT2D eigenvalue weighted by Gasteiger charge is -2.09. The number of nitrogens with one attached hydrogen (secondary N) is 1. The Balaban J connectivity index is 0. The van der Waals surface area contributed by atoms with Crippen LogP contribution in [0.3, 0.4) is 0 Å². The molecule has 0 bridgehead atoms. The fourth-order valence-corrected chi connectivity index (χ4v) is 0.902. The summed E-state index contributed by atoms with van der Waals surface area (Å²) in [5.74, 6) is -0.697. The summed E-state index contributed by atoms with van der Waals surface area (Å²) in [6.07, 6.45) is 1.07. The number of carbonyl (C=O) groups is 2. The molecule has 0 aromatic heterocycles. The van der Waals surface area contributed by atoms with Crippen molar-refractivity contribution in [3.05, 3.63) is 0 Å². The number of carbonyl (C=O) groups excluding carboxylic acids is 2. The zero-order valence-electron chi connectivity index (χ0n) is 9.12. The molecule has 0 saturated carbocycles. The van der Waals surface area contributed by atoms with Crippen molar-refractivity contribution in [3.8, 4) is 0 Å². The molecule has 0 fully saturated rings. The first kappa shape index (κ1) is 16.6. The lowest BCUT2D eigenvalue weighted by molar-refractivity contribution is -0.144. The highest BCUT2D eigenvalue weighted by Gasteiger charge is 2.13. The lowest BCUT2D eigenvalue weighted by atomic mass is 10.2. The van der Waals surface area contributed by atoms with Crippen LogP contribution in [0, 0.1) is 5.92 Å². The molecule has 0 aromatic rings. The molecule has 0 saturated heterocycles. The first-order valence-electron chi connectivity index (χ1n) is 4.66. The van der Waals surface area contributed by atoms with Crippen LogP contribution in [0.2, 0.25) is 0 Å². The number of halogens is 1. The third kappa shape index (κ3) is 8.20. The first-order valence-corrected chi connectivity index (χ1v) is 4.66. The van der Waals surface area contributed by atoms with Gasteiger partial charge in [-0.15, -0.1) is 12.4 Å². The fourth-order valence-electron chi connectivity index (χ4n) is 0.902. The lowest BCUT2D eigenvalue weighted by Crippen LogP contribution is -2.32. The van der Waals surface area contributed by atoms with Crippen molar-refractivity contribution in [2.75, 3.05) is 20.2 Å². The minimum Gasteiger partial charge on any atom is -0.469 e. The number of methoxy groups -OCH3 is 1. The van der Waals surface area contributed by atoms with Crippen molar-refractivity contribution in [1.82, 2.24) is 5.32 Å². The summed E-state index contributed by atoms with van der Waals surface area (Å²) in [5, 5.41) is 2.64. The van der Waals surface area contributed by atoms with E-state index in [0.717, 1.165) is 0 Å². The fraction of sp³-hybridized carbons (Fsp3) is 0.778. The van der Waals surface area contributed by atoms with E-state index in [0.29, 0.717) is 25.9 Å². The van der Waals surface area contributed by atoms with Crippen LogP contribution in [0.25, 0.3) is 0 Å². The van der Waals surface area contributed by atoms with Gasteiger partial charge in [0.2, 0.25) is 5.91 Å². The smallest absolute Gasteiger partial charge is 0.310 e. The van der Waals surface area contributed by atoms with E-state index in [9.17, 15) is 9.59 Å². The minimum absolute atomic E-state index is 0. The Labute approximate surface area is 96.1 Å². The maximum Gasteiger partial charge on any atom is 0.310 e. The molecule has 0 aliphatic carbocycles. The minimum atomic E-state index is -0.316. The summed E-state index contributed by atoms with van der Waals surface area (Å²) in [7, 11) is 1.33. The van der Waals surface area contributed by atoms with Gasteiger partial charge >= 0.3 is 5.97 Å². The van der Waals surface area contributed by atoms with E-state index < -0.39 is 0 Å². The predicted molar refractivity (Wildman–Crippen MR) is 59.7 cm³/mol. The van der Waals surface area contributed by atoms with Crippen LogP contribution in [0.15, 0.2) is 0 Å². The quantitative estimate of drug-likeness (QED) is 0.642. The number of ether oxygens (including phenoxy) is 1. The van der Waals surface area contributed by atoms with E-state index in [1.165, 1.54) is 7.11 Å². The number of rotatable bonds is 6. The second kappa shape index (κ2) is 9.73. The average Bonchev–Trinajstić information content (AvgIpc) is 2.21.